The largest absolute Gasteiger partial charge is 0.481 e. The van der Waals surface area contributed by atoms with Crippen LogP contribution in [0.15, 0.2) is 18.2 Å². The van der Waals surface area contributed by atoms with Crippen LogP contribution < -0.4 is 10.1 Å². The van der Waals surface area contributed by atoms with E-state index in [1.807, 2.05) is 0 Å². The third-order valence-corrected chi connectivity index (χ3v) is 3.75. The van der Waals surface area contributed by atoms with Gasteiger partial charge in [-0.25, -0.2) is 4.79 Å². The molecule has 2 N–H and O–H groups in total. The number of hydrogen-bond donors (Lipinski definition) is 2. The van der Waals surface area contributed by atoms with E-state index in [2.05, 4.69) is 5.32 Å². The highest BCUT2D eigenvalue weighted by Crippen LogP contribution is 2.25. The van der Waals surface area contributed by atoms with E-state index >= 15 is 0 Å². The fourth-order valence-electron chi connectivity index (χ4n) is 2.08. The predicted octanol–water partition coefficient (Wildman–Crippen LogP) is 2.12. The predicted molar refractivity (Wildman–Crippen MR) is 80.5 cm³/mol. The Labute approximate surface area is 137 Å². The first kappa shape index (κ1) is 16.9. The lowest BCUT2D eigenvalue weighted by atomic mass is 9.98. The minimum atomic E-state index is -1.40. The quantitative estimate of drug-likeness (QED) is 0.852. The summed E-state index contributed by atoms with van der Waals surface area (Å²) < 4.78 is 10.5. The molecule has 0 aromatic heterocycles. The molecule has 0 spiro atoms. The standard InChI is InChI=1S/C14H15Cl2NO5/c1-8(22-11-5-9(15)4-10(16)6-11)12(18)17-14(13(19)20)2-3-21-7-14/h4-6,8H,2-3,7H2,1H3,(H,17,18)(H,19,20). The first-order valence-corrected chi connectivity index (χ1v) is 7.34. The second-order valence-corrected chi connectivity index (χ2v) is 5.92. The highest BCUT2D eigenvalue weighted by molar-refractivity contribution is 6.34. The van der Waals surface area contributed by atoms with Crippen molar-refractivity contribution in [3.8, 4) is 5.75 Å². The Morgan fingerprint density at radius 3 is 2.50 bits per heavy atom. The number of carbonyl (C=O) groups excluding carboxylic acids is 1. The third kappa shape index (κ3) is 3.82. The summed E-state index contributed by atoms with van der Waals surface area (Å²) in [7, 11) is 0. The van der Waals surface area contributed by atoms with Crippen LogP contribution in [-0.2, 0) is 14.3 Å². The van der Waals surface area contributed by atoms with Crippen molar-refractivity contribution in [3.63, 3.8) is 0 Å². The van der Waals surface area contributed by atoms with Gasteiger partial charge in [0.15, 0.2) is 11.6 Å². The van der Waals surface area contributed by atoms with E-state index < -0.39 is 23.5 Å². The smallest absolute Gasteiger partial charge is 0.331 e. The number of nitrogens with one attached hydrogen (secondary N) is 1. The summed E-state index contributed by atoms with van der Waals surface area (Å²) in [5.74, 6) is -1.35. The normalized spacial score (nSPS) is 22.1. The monoisotopic (exact) mass is 347 g/mol. The Morgan fingerprint density at radius 1 is 1.36 bits per heavy atom. The molecule has 0 saturated carbocycles. The molecule has 0 bridgehead atoms. The van der Waals surface area contributed by atoms with E-state index in [1.54, 1.807) is 0 Å². The molecule has 1 aromatic carbocycles. The number of carbonyl (C=O) groups is 2. The van der Waals surface area contributed by atoms with Crippen LogP contribution in [0, 0.1) is 0 Å². The van der Waals surface area contributed by atoms with Crippen molar-refractivity contribution >= 4 is 35.1 Å². The lowest BCUT2D eigenvalue weighted by Gasteiger charge is -2.25. The van der Waals surface area contributed by atoms with Crippen molar-refractivity contribution < 1.29 is 24.2 Å². The molecule has 8 heteroatoms. The minimum absolute atomic E-state index is 0.0657. The first-order valence-electron chi connectivity index (χ1n) is 6.58. The van der Waals surface area contributed by atoms with Gasteiger partial charge in [-0.15, -0.1) is 0 Å². The van der Waals surface area contributed by atoms with Crippen LogP contribution in [0.3, 0.4) is 0 Å². The Bertz CT molecular complexity index is 566. The van der Waals surface area contributed by atoms with Crippen LogP contribution in [0.2, 0.25) is 10.0 Å². The summed E-state index contributed by atoms with van der Waals surface area (Å²) in [5, 5.41) is 12.5. The number of rotatable bonds is 5. The molecule has 0 aliphatic carbocycles. The summed E-state index contributed by atoms with van der Waals surface area (Å²) in [6, 6.07) is 4.57. The Morgan fingerprint density at radius 2 is 2.00 bits per heavy atom. The van der Waals surface area contributed by atoms with Crippen molar-refractivity contribution in [2.24, 2.45) is 0 Å². The van der Waals surface area contributed by atoms with Crippen LogP contribution in [0.4, 0.5) is 0 Å². The summed E-state index contributed by atoms with van der Waals surface area (Å²) >= 11 is 11.7. The van der Waals surface area contributed by atoms with Crippen molar-refractivity contribution in [2.45, 2.75) is 25.0 Å². The van der Waals surface area contributed by atoms with E-state index in [9.17, 15) is 14.7 Å². The Hall–Kier alpha value is -1.50. The van der Waals surface area contributed by atoms with Gasteiger partial charge in [-0.3, -0.25) is 4.79 Å². The van der Waals surface area contributed by atoms with Crippen LogP contribution in [0.5, 0.6) is 5.75 Å². The number of aliphatic carboxylic acids is 1. The summed E-state index contributed by atoms with van der Waals surface area (Å²) in [5.41, 5.74) is -1.40. The van der Waals surface area contributed by atoms with Gasteiger partial charge in [0.25, 0.3) is 5.91 Å². The summed E-state index contributed by atoms with van der Waals surface area (Å²) in [6.07, 6.45) is -0.699. The van der Waals surface area contributed by atoms with Crippen molar-refractivity contribution in [1.29, 1.82) is 0 Å². The second kappa shape index (κ2) is 6.73. The Balaban J connectivity index is 2.04. The number of ether oxygens (including phenoxy) is 2. The zero-order chi connectivity index (χ0) is 16.3. The topological polar surface area (TPSA) is 84.9 Å². The van der Waals surface area contributed by atoms with Crippen molar-refractivity contribution in [1.82, 2.24) is 5.32 Å². The molecule has 0 radical (unpaired) electrons. The highest BCUT2D eigenvalue weighted by Gasteiger charge is 2.44. The van der Waals surface area contributed by atoms with E-state index in [4.69, 9.17) is 32.7 Å². The molecule has 2 unspecified atom stereocenters. The average molecular weight is 348 g/mol. The molecule has 1 aliphatic heterocycles. The second-order valence-electron chi connectivity index (χ2n) is 5.04. The highest BCUT2D eigenvalue weighted by atomic mass is 35.5. The molecule has 6 nitrogen and oxygen atoms in total. The SMILES string of the molecule is CC(Oc1cc(Cl)cc(Cl)c1)C(=O)NC1(C(=O)O)CCOC1. The van der Waals surface area contributed by atoms with Crippen LogP contribution in [0.25, 0.3) is 0 Å². The number of benzene rings is 1. The van der Waals surface area contributed by atoms with Gasteiger partial charge in [0.2, 0.25) is 0 Å². The van der Waals surface area contributed by atoms with Gasteiger partial charge in [-0.2, -0.15) is 0 Å². The van der Waals surface area contributed by atoms with E-state index in [0.717, 1.165) is 0 Å². The summed E-state index contributed by atoms with van der Waals surface area (Å²) in [4.78, 5) is 23.5. The number of halogens is 2. The third-order valence-electron chi connectivity index (χ3n) is 3.31. The molecule has 2 rings (SSSR count). The van der Waals surface area contributed by atoms with E-state index in [-0.39, 0.29) is 19.6 Å². The molecular formula is C14H15Cl2NO5. The molecule has 1 heterocycles. The zero-order valence-corrected chi connectivity index (χ0v) is 13.3. The van der Waals surface area contributed by atoms with Gasteiger partial charge >= 0.3 is 5.97 Å². The maximum Gasteiger partial charge on any atom is 0.331 e. The zero-order valence-electron chi connectivity index (χ0n) is 11.8. The number of hydrogen-bond acceptors (Lipinski definition) is 4. The molecule has 1 aromatic rings. The first-order chi connectivity index (χ1) is 10.3. The lowest BCUT2D eigenvalue weighted by molar-refractivity contribution is -0.148. The van der Waals surface area contributed by atoms with E-state index in [1.165, 1.54) is 25.1 Å². The molecule has 1 amide bonds. The molecule has 1 saturated heterocycles. The Kier molecular flexibility index (Phi) is 5.16. The van der Waals surface area contributed by atoms with Crippen LogP contribution in [-0.4, -0.2) is 41.8 Å². The molecule has 120 valence electrons. The fourth-order valence-corrected chi connectivity index (χ4v) is 2.58. The molecule has 1 aliphatic rings. The minimum Gasteiger partial charge on any atom is -0.481 e. The molecular weight excluding hydrogens is 333 g/mol. The van der Waals surface area contributed by atoms with Gasteiger partial charge in [-0.1, -0.05) is 23.2 Å². The maximum atomic E-state index is 12.2. The molecule has 2 atom stereocenters. The van der Waals surface area contributed by atoms with Crippen LogP contribution >= 0.6 is 23.2 Å². The fraction of sp³-hybridized carbons (Fsp3) is 0.429. The van der Waals surface area contributed by atoms with Gasteiger partial charge in [0, 0.05) is 23.1 Å². The number of carboxylic acids is 1. The van der Waals surface area contributed by atoms with Gasteiger partial charge < -0.3 is 19.9 Å². The molecule has 22 heavy (non-hydrogen) atoms. The van der Waals surface area contributed by atoms with Gasteiger partial charge in [-0.05, 0) is 25.1 Å². The van der Waals surface area contributed by atoms with Gasteiger partial charge in [0.1, 0.15) is 5.75 Å². The molecule has 1 fully saturated rings. The lowest BCUT2D eigenvalue weighted by Crippen LogP contribution is -2.57. The number of carboxylic acid groups (broad SMARTS) is 1. The van der Waals surface area contributed by atoms with E-state index in [0.29, 0.717) is 15.8 Å². The maximum absolute atomic E-state index is 12.2. The van der Waals surface area contributed by atoms with Crippen LogP contribution in [0.1, 0.15) is 13.3 Å². The van der Waals surface area contributed by atoms with Crippen molar-refractivity contribution in [3.05, 3.63) is 28.2 Å². The summed E-state index contributed by atoms with van der Waals surface area (Å²) in [6.45, 7) is 1.73. The van der Waals surface area contributed by atoms with Gasteiger partial charge in [0.05, 0.1) is 6.61 Å². The number of amides is 1. The van der Waals surface area contributed by atoms with Crippen molar-refractivity contribution in [2.75, 3.05) is 13.2 Å². The average Bonchev–Trinajstić information content (AvgIpc) is 2.87.